The van der Waals surface area contributed by atoms with Gasteiger partial charge in [0.2, 0.25) is 0 Å². The Hall–Kier alpha value is -0.890. The molecule has 84 valence electrons. The van der Waals surface area contributed by atoms with Crippen molar-refractivity contribution in [1.82, 2.24) is 10.3 Å². The van der Waals surface area contributed by atoms with Crippen LogP contribution in [0.1, 0.15) is 26.3 Å². The molecule has 0 saturated carbocycles. The van der Waals surface area contributed by atoms with Crippen molar-refractivity contribution < 1.29 is 0 Å². The van der Waals surface area contributed by atoms with Gasteiger partial charge in [0, 0.05) is 12.4 Å². The fraction of sp³-hybridized carbons (Fsp3) is 0.615. The van der Waals surface area contributed by atoms with Crippen LogP contribution in [-0.4, -0.2) is 18.1 Å². The van der Waals surface area contributed by atoms with Gasteiger partial charge in [0.1, 0.15) is 0 Å². The molecule has 0 aromatic carbocycles. The Morgan fingerprint density at radius 1 is 1.33 bits per heavy atom. The normalized spacial score (nSPS) is 13.1. The zero-order valence-corrected chi connectivity index (χ0v) is 10.0. The number of aromatic nitrogens is 1. The van der Waals surface area contributed by atoms with Crippen molar-refractivity contribution in [2.75, 3.05) is 13.1 Å². The highest BCUT2D eigenvalue weighted by Crippen LogP contribution is 2.07. The second-order valence-corrected chi connectivity index (χ2v) is 4.54. The Kier molecular flexibility index (Phi) is 5.33. The van der Waals surface area contributed by atoms with Gasteiger partial charge < -0.3 is 5.32 Å². The predicted octanol–water partition coefficient (Wildman–Crippen LogP) is 2.51. The quantitative estimate of drug-likeness (QED) is 0.723. The molecule has 0 fully saturated rings. The van der Waals surface area contributed by atoms with Crippen molar-refractivity contribution in [3.63, 3.8) is 0 Å². The van der Waals surface area contributed by atoms with Crippen LogP contribution in [0.3, 0.4) is 0 Å². The first-order chi connectivity index (χ1) is 7.20. The summed E-state index contributed by atoms with van der Waals surface area (Å²) < 4.78 is 0. The van der Waals surface area contributed by atoms with Crippen molar-refractivity contribution in [3.05, 3.63) is 30.1 Å². The number of nitrogens with one attached hydrogen (secondary N) is 1. The van der Waals surface area contributed by atoms with Crippen molar-refractivity contribution >= 4 is 0 Å². The average molecular weight is 206 g/mol. The standard InChI is InChI=1S/C13H22N2/c1-11(2)12(3)9-15-8-6-13-5-4-7-14-10-13/h4-5,7,10-12,15H,6,8-9H2,1-3H3. The van der Waals surface area contributed by atoms with Crippen molar-refractivity contribution in [1.29, 1.82) is 0 Å². The Balaban J connectivity index is 2.12. The van der Waals surface area contributed by atoms with Crippen LogP contribution in [0, 0.1) is 11.8 Å². The van der Waals surface area contributed by atoms with Crippen molar-refractivity contribution in [2.45, 2.75) is 27.2 Å². The number of hydrogen-bond donors (Lipinski definition) is 1. The fourth-order valence-corrected chi connectivity index (χ4v) is 1.34. The molecule has 0 spiro atoms. The molecule has 0 amide bonds. The van der Waals surface area contributed by atoms with Crippen LogP contribution < -0.4 is 5.32 Å². The number of hydrogen-bond acceptors (Lipinski definition) is 2. The minimum absolute atomic E-state index is 0.749. The molecule has 1 aromatic rings. The summed E-state index contributed by atoms with van der Waals surface area (Å²) in [6.45, 7) is 8.99. The van der Waals surface area contributed by atoms with Crippen LogP contribution in [-0.2, 0) is 6.42 Å². The molecule has 0 aliphatic carbocycles. The Morgan fingerprint density at radius 3 is 2.73 bits per heavy atom. The molecule has 1 heterocycles. The number of pyridine rings is 1. The lowest BCUT2D eigenvalue weighted by Gasteiger charge is -2.15. The highest BCUT2D eigenvalue weighted by Gasteiger charge is 2.05. The molecule has 1 rings (SSSR count). The van der Waals surface area contributed by atoms with Crippen molar-refractivity contribution in [2.24, 2.45) is 11.8 Å². The maximum absolute atomic E-state index is 4.10. The Bertz CT molecular complexity index is 256. The maximum Gasteiger partial charge on any atom is 0.0300 e. The Labute approximate surface area is 93.1 Å². The molecule has 1 unspecified atom stereocenters. The number of rotatable bonds is 6. The van der Waals surface area contributed by atoms with Gasteiger partial charge in [-0.05, 0) is 43.0 Å². The van der Waals surface area contributed by atoms with Gasteiger partial charge in [0.05, 0.1) is 0 Å². The Morgan fingerprint density at radius 2 is 2.13 bits per heavy atom. The first-order valence-corrected chi connectivity index (χ1v) is 5.79. The van der Waals surface area contributed by atoms with E-state index in [0.717, 1.165) is 31.3 Å². The third kappa shape index (κ3) is 4.93. The number of nitrogens with zero attached hydrogens (tertiary/aromatic N) is 1. The molecule has 0 bridgehead atoms. The predicted molar refractivity (Wildman–Crippen MR) is 64.8 cm³/mol. The molecule has 0 aliphatic rings. The summed E-state index contributed by atoms with van der Waals surface area (Å²) >= 11 is 0. The fourth-order valence-electron chi connectivity index (χ4n) is 1.34. The van der Waals surface area contributed by atoms with E-state index in [1.807, 2.05) is 18.5 Å². The van der Waals surface area contributed by atoms with E-state index in [4.69, 9.17) is 0 Å². The third-order valence-electron chi connectivity index (χ3n) is 2.92. The molecule has 2 heteroatoms. The summed E-state index contributed by atoms with van der Waals surface area (Å²) in [6.07, 6.45) is 4.82. The topological polar surface area (TPSA) is 24.9 Å². The zero-order valence-electron chi connectivity index (χ0n) is 10.0. The monoisotopic (exact) mass is 206 g/mol. The van der Waals surface area contributed by atoms with Crippen LogP contribution in [0.5, 0.6) is 0 Å². The van der Waals surface area contributed by atoms with Gasteiger partial charge in [-0.3, -0.25) is 4.98 Å². The molecular formula is C13H22N2. The van der Waals surface area contributed by atoms with Crippen molar-refractivity contribution in [3.8, 4) is 0 Å². The van der Waals surface area contributed by atoms with E-state index in [2.05, 4.69) is 37.1 Å². The molecule has 15 heavy (non-hydrogen) atoms. The van der Waals surface area contributed by atoms with E-state index in [-0.39, 0.29) is 0 Å². The molecule has 1 N–H and O–H groups in total. The summed E-state index contributed by atoms with van der Waals surface area (Å²) in [5.74, 6) is 1.51. The molecular weight excluding hydrogens is 184 g/mol. The smallest absolute Gasteiger partial charge is 0.0300 e. The van der Waals surface area contributed by atoms with E-state index in [1.54, 1.807) is 0 Å². The van der Waals surface area contributed by atoms with Crippen LogP contribution >= 0.6 is 0 Å². The molecule has 1 atom stereocenters. The summed E-state index contributed by atoms with van der Waals surface area (Å²) in [6, 6.07) is 4.12. The summed E-state index contributed by atoms with van der Waals surface area (Å²) in [4.78, 5) is 4.10. The lowest BCUT2D eigenvalue weighted by Crippen LogP contribution is -2.26. The van der Waals surface area contributed by atoms with E-state index in [0.29, 0.717) is 0 Å². The van der Waals surface area contributed by atoms with Gasteiger partial charge in [-0.25, -0.2) is 0 Å². The van der Waals surface area contributed by atoms with Crippen LogP contribution in [0.2, 0.25) is 0 Å². The highest BCUT2D eigenvalue weighted by molar-refractivity contribution is 5.08. The largest absolute Gasteiger partial charge is 0.316 e. The second kappa shape index (κ2) is 6.57. The minimum atomic E-state index is 0.749. The SMILES string of the molecule is CC(C)C(C)CNCCc1cccnc1. The van der Waals surface area contributed by atoms with Gasteiger partial charge in [0.15, 0.2) is 0 Å². The van der Waals surface area contributed by atoms with Crippen LogP contribution in [0.25, 0.3) is 0 Å². The van der Waals surface area contributed by atoms with E-state index in [9.17, 15) is 0 Å². The summed E-state index contributed by atoms with van der Waals surface area (Å²) in [7, 11) is 0. The average Bonchev–Trinajstić information content (AvgIpc) is 2.25. The lowest BCUT2D eigenvalue weighted by molar-refractivity contribution is 0.394. The van der Waals surface area contributed by atoms with E-state index in [1.165, 1.54) is 5.56 Å². The first-order valence-electron chi connectivity index (χ1n) is 5.79. The van der Waals surface area contributed by atoms with Gasteiger partial charge in [-0.15, -0.1) is 0 Å². The molecule has 1 aromatic heterocycles. The minimum Gasteiger partial charge on any atom is -0.316 e. The molecule has 0 aliphatic heterocycles. The summed E-state index contributed by atoms with van der Waals surface area (Å²) in [5.41, 5.74) is 1.31. The summed E-state index contributed by atoms with van der Waals surface area (Å²) in [5, 5.41) is 3.49. The lowest BCUT2D eigenvalue weighted by atomic mass is 9.98. The first kappa shape index (κ1) is 12.2. The van der Waals surface area contributed by atoms with Crippen LogP contribution in [0.4, 0.5) is 0 Å². The van der Waals surface area contributed by atoms with E-state index >= 15 is 0 Å². The van der Waals surface area contributed by atoms with E-state index < -0.39 is 0 Å². The molecule has 2 nitrogen and oxygen atoms in total. The molecule has 0 radical (unpaired) electrons. The van der Waals surface area contributed by atoms with Gasteiger partial charge in [-0.2, -0.15) is 0 Å². The third-order valence-corrected chi connectivity index (χ3v) is 2.92. The van der Waals surface area contributed by atoms with Crippen LogP contribution in [0.15, 0.2) is 24.5 Å². The second-order valence-electron chi connectivity index (χ2n) is 4.54. The van der Waals surface area contributed by atoms with Gasteiger partial charge in [0.25, 0.3) is 0 Å². The van der Waals surface area contributed by atoms with Gasteiger partial charge in [-0.1, -0.05) is 26.8 Å². The zero-order chi connectivity index (χ0) is 11.1. The molecule has 0 saturated heterocycles. The maximum atomic E-state index is 4.10. The van der Waals surface area contributed by atoms with Gasteiger partial charge >= 0.3 is 0 Å². The highest BCUT2D eigenvalue weighted by atomic mass is 14.9.